The van der Waals surface area contributed by atoms with Crippen molar-refractivity contribution in [2.24, 2.45) is 0 Å². The molecule has 32 heavy (non-hydrogen) atoms. The van der Waals surface area contributed by atoms with Crippen molar-refractivity contribution < 1.29 is 28.5 Å². The summed E-state index contributed by atoms with van der Waals surface area (Å²) in [5.41, 5.74) is 1.39. The smallest absolute Gasteiger partial charge is 0.257 e. The number of thiazole rings is 1. The number of nitrogens with zero attached hydrogens (tertiary/aromatic N) is 2. The zero-order chi connectivity index (χ0) is 22.9. The van der Waals surface area contributed by atoms with Crippen LogP contribution in [0.25, 0.3) is 0 Å². The standard InChI is InChI=1S/C23H25FN2O5S/c1-29-10-9-26(23(28)18-5-3-4-6-19(18)24)12-16-7-8-20(30-2)21(11-16)31-14-22-25-17(13-27)15-32-22/h3-8,11,15,27H,9-10,12-14H2,1-2H3. The second-order valence-corrected chi connectivity index (χ2v) is 7.81. The molecule has 1 N–H and O–H groups in total. The fourth-order valence-electron chi connectivity index (χ4n) is 3.04. The Labute approximate surface area is 190 Å². The minimum absolute atomic E-state index is 0.0112. The molecule has 0 saturated heterocycles. The maximum absolute atomic E-state index is 14.2. The van der Waals surface area contributed by atoms with Gasteiger partial charge in [-0.05, 0) is 29.8 Å². The maximum atomic E-state index is 14.2. The number of aromatic nitrogens is 1. The van der Waals surface area contributed by atoms with Crippen LogP contribution in [-0.4, -0.2) is 48.3 Å². The molecule has 3 aromatic rings. The summed E-state index contributed by atoms with van der Waals surface area (Å²) in [5, 5.41) is 11.7. The fraction of sp³-hybridized carbons (Fsp3) is 0.304. The highest BCUT2D eigenvalue weighted by Gasteiger charge is 2.20. The topological polar surface area (TPSA) is 81.1 Å². The number of benzene rings is 2. The average Bonchev–Trinajstić information content (AvgIpc) is 3.28. The molecule has 0 fully saturated rings. The van der Waals surface area contributed by atoms with E-state index in [0.717, 1.165) is 10.6 Å². The van der Waals surface area contributed by atoms with E-state index in [9.17, 15) is 9.18 Å². The van der Waals surface area contributed by atoms with E-state index in [0.29, 0.717) is 30.3 Å². The van der Waals surface area contributed by atoms with Gasteiger partial charge in [0, 0.05) is 25.6 Å². The van der Waals surface area contributed by atoms with E-state index in [1.54, 1.807) is 43.9 Å². The van der Waals surface area contributed by atoms with Crippen molar-refractivity contribution in [3.8, 4) is 11.5 Å². The number of aliphatic hydroxyl groups is 1. The molecule has 1 aromatic heterocycles. The van der Waals surface area contributed by atoms with E-state index >= 15 is 0 Å². The van der Waals surface area contributed by atoms with Crippen LogP contribution in [0.4, 0.5) is 4.39 Å². The molecule has 0 spiro atoms. The molecule has 0 atom stereocenters. The van der Waals surface area contributed by atoms with Crippen LogP contribution >= 0.6 is 11.3 Å². The van der Waals surface area contributed by atoms with E-state index in [-0.39, 0.29) is 25.3 Å². The first kappa shape index (κ1) is 23.6. The van der Waals surface area contributed by atoms with Gasteiger partial charge in [0.2, 0.25) is 0 Å². The number of carbonyl (C=O) groups excluding carboxylic acids is 1. The van der Waals surface area contributed by atoms with Gasteiger partial charge in [0.05, 0.1) is 31.6 Å². The Bertz CT molecular complexity index is 1040. The average molecular weight is 461 g/mol. The summed E-state index contributed by atoms with van der Waals surface area (Å²) in [4.78, 5) is 18.8. The molecule has 9 heteroatoms. The predicted molar refractivity (Wildman–Crippen MR) is 118 cm³/mol. The largest absolute Gasteiger partial charge is 0.493 e. The zero-order valence-electron chi connectivity index (χ0n) is 17.9. The van der Waals surface area contributed by atoms with E-state index < -0.39 is 11.7 Å². The fourth-order valence-corrected chi connectivity index (χ4v) is 3.74. The van der Waals surface area contributed by atoms with Gasteiger partial charge in [-0.2, -0.15) is 0 Å². The first-order valence-electron chi connectivity index (χ1n) is 9.92. The molecule has 0 aliphatic rings. The Hall–Kier alpha value is -3.01. The SMILES string of the molecule is COCCN(Cc1ccc(OC)c(OCc2nc(CO)cs2)c1)C(=O)c1ccccc1F. The minimum atomic E-state index is -0.565. The number of hydrogen-bond acceptors (Lipinski definition) is 7. The normalized spacial score (nSPS) is 10.8. The predicted octanol–water partition coefficient (Wildman–Crippen LogP) is 3.65. The lowest BCUT2D eigenvalue weighted by molar-refractivity contribution is 0.0675. The minimum Gasteiger partial charge on any atom is -0.493 e. The Kier molecular flexibility index (Phi) is 8.55. The van der Waals surface area contributed by atoms with Gasteiger partial charge < -0.3 is 24.2 Å². The molecule has 2 aromatic carbocycles. The first-order valence-corrected chi connectivity index (χ1v) is 10.8. The van der Waals surface area contributed by atoms with Crippen molar-refractivity contribution in [2.45, 2.75) is 19.8 Å². The van der Waals surface area contributed by atoms with Crippen LogP contribution in [0.15, 0.2) is 47.8 Å². The molecule has 1 heterocycles. The number of carbonyl (C=O) groups is 1. The van der Waals surface area contributed by atoms with Crippen LogP contribution in [0.3, 0.4) is 0 Å². The third-order valence-electron chi connectivity index (χ3n) is 4.67. The van der Waals surface area contributed by atoms with Gasteiger partial charge in [-0.1, -0.05) is 18.2 Å². The second kappa shape index (κ2) is 11.6. The van der Waals surface area contributed by atoms with Crippen LogP contribution in [0.1, 0.15) is 26.6 Å². The molecule has 0 aliphatic heterocycles. The number of halogens is 1. The summed E-state index contributed by atoms with van der Waals surface area (Å²) in [6, 6.07) is 11.3. The summed E-state index contributed by atoms with van der Waals surface area (Å²) in [5.74, 6) is 0.0504. The summed E-state index contributed by atoms with van der Waals surface area (Å²) in [6.45, 7) is 0.948. The van der Waals surface area contributed by atoms with Crippen molar-refractivity contribution in [1.82, 2.24) is 9.88 Å². The molecule has 0 radical (unpaired) electrons. The Morgan fingerprint density at radius 3 is 2.69 bits per heavy atom. The van der Waals surface area contributed by atoms with Gasteiger partial charge >= 0.3 is 0 Å². The van der Waals surface area contributed by atoms with Crippen LogP contribution in [0, 0.1) is 5.82 Å². The molecular formula is C23H25FN2O5S. The van der Waals surface area contributed by atoms with Gasteiger partial charge in [-0.15, -0.1) is 11.3 Å². The molecule has 1 amide bonds. The van der Waals surface area contributed by atoms with Crippen LogP contribution in [0.2, 0.25) is 0 Å². The van der Waals surface area contributed by atoms with Gasteiger partial charge in [-0.25, -0.2) is 9.37 Å². The summed E-state index contributed by atoms with van der Waals surface area (Å²) in [6.07, 6.45) is 0. The number of rotatable bonds is 11. The number of methoxy groups -OCH3 is 2. The third kappa shape index (κ3) is 6.03. The Morgan fingerprint density at radius 2 is 2.00 bits per heavy atom. The van der Waals surface area contributed by atoms with Crippen LogP contribution in [-0.2, 0) is 24.5 Å². The van der Waals surface area contributed by atoms with Gasteiger partial charge in [-0.3, -0.25) is 4.79 Å². The van der Waals surface area contributed by atoms with Gasteiger partial charge in [0.25, 0.3) is 5.91 Å². The molecular weight excluding hydrogens is 435 g/mol. The summed E-state index contributed by atoms with van der Waals surface area (Å²) >= 11 is 1.39. The highest BCUT2D eigenvalue weighted by atomic mass is 32.1. The van der Waals surface area contributed by atoms with Crippen molar-refractivity contribution >= 4 is 17.2 Å². The molecule has 0 bridgehead atoms. The van der Waals surface area contributed by atoms with E-state index in [1.807, 2.05) is 6.07 Å². The van der Waals surface area contributed by atoms with Crippen molar-refractivity contribution in [2.75, 3.05) is 27.4 Å². The molecule has 0 aliphatic carbocycles. The Balaban J connectivity index is 1.78. The van der Waals surface area contributed by atoms with E-state index in [2.05, 4.69) is 4.98 Å². The summed E-state index contributed by atoms with van der Waals surface area (Å²) in [7, 11) is 3.09. The number of aliphatic hydroxyl groups excluding tert-OH is 1. The molecule has 3 rings (SSSR count). The Morgan fingerprint density at radius 1 is 1.19 bits per heavy atom. The van der Waals surface area contributed by atoms with Crippen molar-refractivity contribution in [3.63, 3.8) is 0 Å². The highest BCUT2D eigenvalue weighted by molar-refractivity contribution is 7.09. The zero-order valence-corrected chi connectivity index (χ0v) is 18.7. The molecule has 170 valence electrons. The number of ether oxygens (including phenoxy) is 3. The molecule has 0 saturated carbocycles. The lowest BCUT2D eigenvalue weighted by Gasteiger charge is -2.23. The van der Waals surface area contributed by atoms with E-state index in [4.69, 9.17) is 19.3 Å². The first-order chi connectivity index (χ1) is 15.5. The van der Waals surface area contributed by atoms with Crippen molar-refractivity contribution in [1.29, 1.82) is 0 Å². The van der Waals surface area contributed by atoms with Crippen molar-refractivity contribution in [3.05, 3.63) is 75.5 Å². The maximum Gasteiger partial charge on any atom is 0.257 e. The number of amides is 1. The lowest BCUT2D eigenvalue weighted by atomic mass is 10.1. The van der Waals surface area contributed by atoms with Gasteiger partial charge in [0.15, 0.2) is 11.5 Å². The quantitative estimate of drug-likeness (QED) is 0.471. The number of hydrogen-bond donors (Lipinski definition) is 1. The van der Waals surface area contributed by atoms with E-state index in [1.165, 1.54) is 28.4 Å². The summed E-state index contributed by atoms with van der Waals surface area (Å²) < 4.78 is 30.6. The second-order valence-electron chi connectivity index (χ2n) is 6.86. The highest BCUT2D eigenvalue weighted by Crippen LogP contribution is 2.30. The monoisotopic (exact) mass is 460 g/mol. The molecule has 7 nitrogen and oxygen atoms in total. The van der Waals surface area contributed by atoms with Crippen LogP contribution < -0.4 is 9.47 Å². The van der Waals surface area contributed by atoms with Crippen LogP contribution in [0.5, 0.6) is 11.5 Å². The van der Waals surface area contributed by atoms with Gasteiger partial charge in [0.1, 0.15) is 17.4 Å². The molecule has 0 unspecified atom stereocenters. The third-order valence-corrected chi connectivity index (χ3v) is 5.54. The lowest BCUT2D eigenvalue weighted by Crippen LogP contribution is -2.34.